The normalized spacial score (nSPS) is 13.9. The lowest BCUT2D eigenvalue weighted by atomic mass is 10.1. The molecule has 4 N–H and O–H groups in total. The van der Waals surface area contributed by atoms with E-state index >= 15 is 0 Å². The van der Waals surface area contributed by atoms with Crippen LogP contribution in [0.2, 0.25) is 0 Å². The summed E-state index contributed by atoms with van der Waals surface area (Å²) in [5, 5.41) is 16.1. The number of tetrazole rings is 1. The molecule has 0 aliphatic carbocycles. The van der Waals surface area contributed by atoms with E-state index in [2.05, 4.69) is 25.9 Å². The lowest BCUT2D eigenvalue weighted by Gasteiger charge is -2.15. The van der Waals surface area contributed by atoms with Gasteiger partial charge in [0.25, 0.3) is 0 Å². The molecule has 0 saturated heterocycles. The average Bonchev–Trinajstić information content (AvgIpc) is 2.92. The molecule has 0 fully saturated rings. The van der Waals surface area contributed by atoms with E-state index < -0.39 is 6.04 Å². The standard InChI is InChI=1S/C11H14N6O/c1-7(10-14-16-17-15-10)13-11(18)9(12)8-5-3-2-4-6-8/h2-7,9H,12H2,1H3,(H,13,18)(H,14,15,16,17)/t7?,9-/m0/s1. The molecule has 1 heterocycles. The number of amides is 1. The maximum absolute atomic E-state index is 11.9. The first-order chi connectivity index (χ1) is 8.68. The van der Waals surface area contributed by atoms with E-state index in [0.717, 1.165) is 5.56 Å². The SMILES string of the molecule is CC(NC(=O)[C@@H](N)c1ccccc1)c1nn[nH]n1. The van der Waals surface area contributed by atoms with Gasteiger partial charge in [0, 0.05) is 0 Å². The second-order valence-electron chi connectivity index (χ2n) is 3.89. The van der Waals surface area contributed by atoms with E-state index in [1.807, 2.05) is 30.3 Å². The van der Waals surface area contributed by atoms with E-state index in [0.29, 0.717) is 5.82 Å². The van der Waals surface area contributed by atoms with Crippen LogP contribution in [0.15, 0.2) is 30.3 Å². The molecule has 2 aromatic rings. The molecular formula is C11H14N6O. The maximum Gasteiger partial charge on any atom is 0.242 e. The van der Waals surface area contributed by atoms with Crippen LogP contribution < -0.4 is 11.1 Å². The average molecular weight is 246 g/mol. The Labute approximate surface area is 104 Å². The molecule has 0 aliphatic heterocycles. The molecule has 0 radical (unpaired) electrons. The van der Waals surface area contributed by atoms with Gasteiger partial charge in [0.1, 0.15) is 6.04 Å². The van der Waals surface area contributed by atoms with E-state index in [9.17, 15) is 4.79 Å². The van der Waals surface area contributed by atoms with Crippen LogP contribution in [-0.4, -0.2) is 26.5 Å². The number of carbonyl (C=O) groups is 1. The summed E-state index contributed by atoms with van der Waals surface area (Å²) in [5.41, 5.74) is 6.62. The highest BCUT2D eigenvalue weighted by Gasteiger charge is 2.19. The van der Waals surface area contributed by atoms with Crippen molar-refractivity contribution in [3.63, 3.8) is 0 Å². The molecule has 1 aromatic heterocycles. The van der Waals surface area contributed by atoms with Crippen molar-refractivity contribution < 1.29 is 4.79 Å². The summed E-state index contributed by atoms with van der Waals surface area (Å²) in [7, 11) is 0. The van der Waals surface area contributed by atoms with Gasteiger partial charge in [-0.25, -0.2) is 0 Å². The molecule has 0 saturated carbocycles. The number of hydrogen-bond donors (Lipinski definition) is 3. The van der Waals surface area contributed by atoms with Gasteiger partial charge in [0.15, 0.2) is 5.82 Å². The molecule has 2 atom stereocenters. The van der Waals surface area contributed by atoms with Crippen molar-refractivity contribution in [3.05, 3.63) is 41.7 Å². The quantitative estimate of drug-likeness (QED) is 0.707. The van der Waals surface area contributed by atoms with Crippen molar-refractivity contribution in [2.45, 2.75) is 19.0 Å². The summed E-state index contributed by atoms with van der Waals surface area (Å²) in [6.07, 6.45) is 0. The predicted molar refractivity (Wildman–Crippen MR) is 64.1 cm³/mol. The first-order valence-electron chi connectivity index (χ1n) is 5.52. The van der Waals surface area contributed by atoms with E-state index in [4.69, 9.17) is 5.73 Å². The Morgan fingerprint density at radius 3 is 2.72 bits per heavy atom. The fourth-order valence-electron chi connectivity index (χ4n) is 1.53. The lowest BCUT2D eigenvalue weighted by Crippen LogP contribution is -2.36. The Morgan fingerprint density at radius 1 is 1.39 bits per heavy atom. The maximum atomic E-state index is 11.9. The minimum absolute atomic E-state index is 0.279. The zero-order valence-electron chi connectivity index (χ0n) is 9.87. The second kappa shape index (κ2) is 5.37. The van der Waals surface area contributed by atoms with Crippen LogP contribution in [0.4, 0.5) is 0 Å². The van der Waals surface area contributed by atoms with Gasteiger partial charge < -0.3 is 11.1 Å². The molecule has 1 aromatic carbocycles. The molecule has 0 spiro atoms. The molecule has 18 heavy (non-hydrogen) atoms. The number of nitrogens with two attached hydrogens (primary N) is 1. The summed E-state index contributed by atoms with van der Waals surface area (Å²) < 4.78 is 0. The highest BCUT2D eigenvalue weighted by atomic mass is 16.2. The summed E-state index contributed by atoms with van der Waals surface area (Å²) in [6.45, 7) is 1.76. The fourth-order valence-corrected chi connectivity index (χ4v) is 1.53. The summed E-state index contributed by atoms with van der Waals surface area (Å²) in [6, 6.07) is 8.12. The topological polar surface area (TPSA) is 110 Å². The number of H-pyrrole nitrogens is 1. The molecule has 2 rings (SSSR count). The highest BCUT2D eigenvalue weighted by molar-refractivity contribution is 5.83. The minimum Gasteiger partial charge on any atom is -0.345 e. The smallest absolute Gasteiger partial charge is 0.242 e. The molecular weight excluding hydrogens is 232 g/mol. The van der Waals surface area contributed by atoms with Crippen LogP contribution in [0.1, 0.15) is 30.4 Å². The number of nitrogens with one attached hydrogen (secondary N) is 2. The Morgan fingerprint density at radius 2 is 2.11 bits per heavy atom. The van der Waals surface area contributed by atoms with Gasteiger partial charge >= 0.3 is 0 Å². The van der Waals surface area contributed by atoms with Gasteiger partial charge in [-0.2, -0.15) is 5.21 Å². The van der Waals surface area contributed by atoms with Gasteiger partial charge in [-0.05, 0) is 12.5 Å². The molecule has 94 valence electrons. The van der Waals surface area contributed by atoms with Gasteiger partial charge in [-0.3, -0.25) is 4.79 Å². The number of hydrogen-bond acceptors (Lipinski definition) is 5. The number of aromatic amines is 1. The minimum atomic E-state index is -0.708. The van der Waals surface area contributed by atoms with E-state index in [1.165, 1.54) is 0 Å². The zero-order chi connectivity index (χ0) is 13.0. The van der Waals surface area contributed by atoms with Gasteiger partial charge in [0.05, 0.1) is 6.04 Å². The van der Waals surface area contributed by atoms with Crippen molar-refractivity contribution >= 4 is 5.91 Å². The largest absolute Gasteiger partial charge is 0.345 e. The monoisotopic (exact) mass is 246 g/mol. The lowest BCUT2D eigenvalue weighted by molar-refractivity contribution is -0.123. The molecule has 1 unspecified atom stereocenters. The van der Waals surface area contributed by atoms with Gasteiger partial charge in [0.2, 0.25) is 5.91 Å². The van der Waals surface area contributed by atoms with E-state index in [1.54, 1.807) is 6.92 Å². The number of aromatic nitrogens is 4. The second-order valence-corrected chi connectivity index (χ2v) is 3.89. The molecule has 1 amide bonds. The van der Waals surface area contributed by atoms with Crippen LogP contribution in [0.25, 0.3) is 0 Å². The molecule has 0 bridgehead atoms. The van der Waals surface area contributed by atoms with Crippen molar-refractivity contribution in [2.24, 2.45) is 5.73 Å². The Hall–Kier alpha value is -2.28. The molecule has 7 heteroatoms. The number of benzene rings is 1. The summed E-state index contributed by atoms with van der Waals surface area (Å²) in [4.78, 5) is 11.9. The Balaban J connectivity index is 2.00. The fraction of sp³-hybridized carbons (Fsp3) is 0.273. The Kier molecular flexibility index (Phi) is 3.63. The van der Waals surface area contributed by atoms with Crippen molar-refractivity contribution in [2.75, 3.05) is 0 Å². The third-order valence-corrected chi connectivity index (χ3v) is 2.55. The van der Waals surface area contributed by atoms with Crippen molar-refractivity contribution in [3.8, 4) is 0 Å². The van der Waals surface area contributed by atoms with Crippen molar-refractivity contribution in [1.29, 1.82) is 0 Å². The first-order valence-corrected chi connectivity index (χ1v) is 5.52. The number of nitrogens with zero attached hydrogens (tertiary/aromatic N) is 3. The summed E-state index contributed by atoms with van der Waals surface area (Å²) >= 11 is 0. The van der Waals surface area contributed by atoms with E-state index in [-0.39, 0.29) is 11.9 Å². The number of carbonyl (C=O) groups excluding carboxylic acids is 1. The third-order valence-electron chi connectivity index (χ3n) is 2.55. The van der Waals surface area contributed by atoms with Crippen LogP contribution in [-0.2, 0) is 4.79 Å². The first kappa shape index (κ1) is 12.2. The number of rotatable bonds is 4. The van der Waals surface area contributed by atoms with Crippen molar-refractivity contribution in [1.82, 2.24) is 25.9 Å². The van der Waals surface area contributed by atoms with Crippen LogP contribution in [0, 0.1) is 0 Å². The van der Waals surface area contributed by atoms with Gasteiger partial charge in [-0.1, -0.05) is 35.5 Å². The van der Waals surface area contributed by atoms with Gasteiger partial charge in [-0.15, -0.1) is 10.2 Å². The van der Waals surface area contributed by atoms with Crippen LogP contribution in [0.3, 0.4) is 0 Å². The predicted octanol–water partition coefficient (Wildman–Crippen LogP) is 0.0769. The molecule has 7 nitrogen and oxygen atoms in total. The zero-order valence-corrected chi connectivity index (χ0v) is 9.87. The third kappa shape index (κ3) is 2.69. The highest BCUT2D eigenvalue weighted by Crippen LogP contribution is 2.11. The molecule has 0 aliphatic rings. The Bertz CT molecular complexity index is 498. The van der Waals surface area contributed by atoms with Crippen LogP contribution >= 0.6 is 0 Å². The van der Waals surface area contributed by atoms with Crippen LogP contribution in [0.5, 0.6) is 0 Å². The summed E-state index contributed by atoms with van der Waals surface area (Å²) in [5.74, 6) is 0.141.